The highest BCUT2D eigenvalue weighted by molar-refractivity contribution is 5.79. The van der Waals surface area contributed by atoms with Gasteiger partial charge in [0.05, 0.1) is 0 Å². The van der Waals surface area contributed by atoms with Crippen LogP contribution in [0, 0.1) is 6.92 Å². The van der Waals surface area contributed by atoms with Gasteiger partial charge in [-0.25, -0.2) is 0 Å². The van der Waals surface area contributed by atoms with Gasteiger partial charge in [-0.15, -0.1) is 0 Å². The number of ether oxygens (including phenoxy) is 1. The Hall–Kier alpha value is -2.09. The molecule has 2 aromatic carbocycles. The summed E-state index contributed by atoms with van der Waals surface area (Å²) in [5.41, 5.74) is 3.61. The fourth-order valence-electron chi connectivity index (χ4n) is 3.83. The summed E-state index contributed by atoms with van der Waals surface area (Å²) in [5.74, 6) is 0.902. The number of nitrogens with zero attached hydrogens (tertiary/aromatic N) is 1. The van der Waals surface area contributed by atoms with E-state index >= 15 is 0 Å². The lowest BCUT2D eigenvalue weighted by atomic mass is 10.1. The lowest BCUT2D eigenvalue weighted by molar-refractivity contribution is 0.306. The van der Waals surface area contributed by atoms with Crippen molar-refractivity contribution in [3.63, 3.8) is 0 Å². The molecule has 2 nitrogen and oxygen atoms in total. The van der Waals surface area contributed by atoms with Gasteiger partial charge in [-0.2, -0.15) is 0 Å². The van der Waals surface area contributed by atoms with Gasteiger partial charge >= 0.3 is 0 Å². The molecule has 0 aromatic heterocycles. The summed E-state index contributed by atoms with van der Waals surface area (Å²) in [7, 11) is 0. The van der Waals surface area contributed by atoms with Crippen LogP contribution in [-0.4, -0.2) is 12.8 Å². The Morgan fingerprint density at radius 3 is 1.97 bits per heavy atom. The number of unbranched alkanes of at least 4 members (excludes halogenated alkanes) is 11. The Morgan fingerprint density at radius 2 is 1.35 bits per heavy atom. The van der Waals surface area contributed by atoms with E-state index in [-0.39, 0.29) is 0 Å². The predicted octanol–water partition coefficient (Wildman–Crippen LogP) is 8.69. The minimum atomic E-state index is 0.605. The average Bonchev–Trinajstić information content (AvgIpc) is 2.79. The van der Waals surface area contributed by atoms with Crippen LogP contribution in [0.1, 0.15) is 101 Å². The molecule has 31 heavy (non-hydrogen) atoms. The van der Waals surface area contributed by atoms with Crippen LogP contribution >= 0.6 is 0 Å². The first-order valence-electron chi connectivity index (χ1n) is 12.6. The average molecular weight is 422 g/mol. The van der Waals surface area contributed by atoms with Crippen molar-refractivity contribution in [2.45, 2.75) is 97.5 Å². The van der Waals surface area contributed by atoms with Crippen molar-refractivity contribution in [3.8, 4) is 5.75 Å². The fraction of sp³-hybridized carbons (Fsp3) is 0.552. The third kappa shape index (κ3) is 12.4. The van der Waals surface area contributed by atoms with Gasteiger partial charge in [0.15, 0.2) is 0 Å². The van der Waals surface area contributed by atoms with Gasteiger partial charge in [-0.3, -0.25) is 4.99 Å². The Balaban J connectivity index is 1.47. The van der Waals surface area contributed by atoms with Crippen LogP contribution in [0.3, 0.4) is 0 Å². The minimum absolute atomic E-state index is 0.605. The maximum atomic E-state index is 5.88. The van der Waals surface area contributed by atoms with Gasteiger partial charge in [0, 0.05) is 12.8 Å². The molecule has 0 aliphatic rings. The topological polar surface area (TPSA) is 21.6 Å². The Morgan fingerprint density at radius 1 is 0.742 bits per heavy atom. The number of benzene rings is 2. The number of rotatable bonds is 17. The molecule has 2 heteroatoms. The lowest BCUT2D eigenvalue weighted by Gasteiger charge is -2.07. The second-order valence-electron chi connectivity index (χ2n) is 8.77. The number of aryl methyl sites for hydroxylation is 1. The zero-order valence-electron chi connectivity index (χ0n) is 20.0. The lowest BCUT2D eigenvalue weighted by Crippen LogP contribution is -1.95. The molecule has 2 aromatic rings. The molecule has 0 unspecified atom stereocenters. The van der Waals surface area contributed by atoms with E-state index in [4.69, 9.17) is 4.74 Å². The summed E-state index contributed by atoms with van der Waals surface area (Å²) >= 11 is 0. The molecule has 0 saturated heterocycles. The summed E-state index contributed by atoms with van der Waals surface area (Å²) in [6, 6.07) is 16.7. The van der Waals surface area contributed by atoms with Crippen molar-refractivity contribution in [3.05, 3.63) is 65.2 Å². The molecule has 0 radical (unpaired) electrons. The van der Waals surface area contributed by atoms with Crippen molar-refractivity contribution in [2.24, 2.45) is 4.99 Å². The highest BCUT2D eigenvalue weighted by Crippen LogP contribution is 2.15. The zero-order valence-corrected chi connectivity index (χ0v) is 20.0. The molecule has 170 valence electrons. The quantitative estimate of drug-likeness (QED) is 0.185. The monoisotopic (exact) mass is 421 g/mol. The van der Waals surface area contributed by atoms with Crippen LogP contribution in [0.5, 0.6) is 5.75 Å². The van der Waals surface area contributed by atoms with Crippen molar-refractivity contribution < 1.29 is 4.74 Å². The van der Waals surface area contributed by atoms with Crippen LogP contribution in [0.2, 0.25) is 0 Å². The van der Waals surface area contributed by atoms with Crippen molar-refractivity contribution in [1.82, 2.24) is 0 Å². The zero-order chi connectivity index (χ0) is 22.0. The van der Waals surface area contributed by atoms with Gasteiger partial charge in [0.2, 0.25) is 0 Å². The Labute approximate surface area is 191 Å². The molecule has 0 atom stereocenters. The molecule has 2 rings (SSSR count). The van der Waals surface area contributed by atoms with E-state index in [9.17, 15) is 0 Å². The van der Waals surface area contributed by atoms with E-state index in [1.54, 1.807) is 0 Å². The summed E-state index contributed by atoms with van der Waals surface area (Å²) in [6.45, 7) is 5.93. The smallest absolute Gasteiger partial charge is 0.119 e. The highest BCUT2D eigenvalue weighted by atomic mass is 16.5. The SMILES string of the molecule is CCCCCCCCCCCCCC/N=C/c1ccc(OCc2cccc(C)c2)cc1. The molecule has 0 fully saturated rings. The third-order valence-corrected chi connectivity index (χ3v) is 5.75. The largest absolute Gasteiger partial charge is 0.489 e. The molecule has 0 saturated carbocycles. The predicted molar refractivity (Wildman–Crippen MR) is 135 cm³/mol. The maximum Gasteiger partial charge on any atom is 0.119 e. The van der Waals surface area contributed by atoms with Crippen molar-refractivity contribution in [1.29, 1.82) is 0 Å². The van der Waals surface area contributed by atoms with Crippen LogP contribution in [0.4, 0.5) is 0 Å². The molecule has 0 aliphatic heterocycles. The second kappa shape index (κ2) is 16.6. The number of hydrogen-bond donors (Lipinski definition) is 0. The first kappa shape index (κ1) is 25.2. The molecular weight excluding hydrogens is 378 g/mol. The summed E-state index contributed by atoms with van der Waals surface area (Å²) < 4.78 is 5.88. The van der Waals surface area contributed by atoms with Crippen LogP contribution in [0.25, 0.3) is 0 Å². The molecule has 0 heterocycles. The molecule has 0 spiro atoms. The summed E-state index contributed by atoms with van der Waals surface area (Å²) in [5, 5.41) is 0. The van der Waals surface area contributed by atoms with E-state index in [1.807, 2.05) is 18.3 Å². The number of aliphatic imine (C=N–C) groups is 1. The van der Waals surface area contributed by atoms with Gasteiger partial charge in [-0.05, 0) is 48.7 Å². The molecule has 0 aliphatic carbocycles. The first-order chi connectivity index (χ1) is 15.3. The molecule has 0 bridgehead atoms. The first-order valence-corrected chi connectivity index (χ1v) is 12.6. The maximum absolute atomic E-state index is 5.88. The minimum Gasteiger partial charge on any atom is -0.489 e. The van der Waals surface area contributed by atoms with Crippen molar-refractivity contribution in [2.75, 3.05) is 6.54 Å². The molecule has 0 N–H and O–H groups in total. The third-order valence-electron chi connectivity index (χ3n) is 5.75. The van der Waals surface area contributed by atoms with Gasteiger partial charge in [0.25, 0.3) is 0 Å². The summed E-state index contributed by atoms with van der Waals surface area (Å²) in [4.78, 5) is 4.59. The normalized spacial score (nSPS) is 11.3. The van der Waals surface area contributed by atoms with Crippen molar-refractivity contribution >= 4 is 6.21 Å². The van der Waals surface area contributed by atoms with Gasteiger partial charge in [0.1, 0.15) is 12.4 Å². The second-order valence-corrected chi connectivity index (χ2v) is 8.77. The highest BCUT2D eigenvalue weighted by Gasteiger charge is 1.97. The number of hydrogen-bond acceptors (Lipinski definition) is 2. The van der Waals surface area contributed by atoms with Gasteiger partial charge < -0.3 is 4.74 Å². The Kier molecular flexibility index (Phi) is 13.5. The Bertz CT molecular complexity index is 720. The van der Waals surface area contributed by atoms with E-state index in [0.29, 0.717) is 6.61 Å². The summed E-state index contributed by atoms with van der Waals surface area (Å²) in [6.07, 6.45) is 18.6. The van der Waals surface area contributed by atoms with Crippen LogP contribution < -0.4 is 4.74 Å². The van der Waals surface area contributed by atoms with E-state index in [0.717, 1.165) is 17.9 Å². The van der Waals surface area contributed by atoms with Crippen LogP contribution in [-0.2, 0) is 6.61 Å². The fourth-order valence-corrected chi connectivity index (χ4v) is 3.83. The molecule has 0 amide bonds. The molecular formula is C29H43NO. The van der Waals surface area contributed by atoms with E-state index in [1.165, 1.54) is 88.2 Å². The van der Waals surface area contributed by atoms with E-state index in [2.05, 4.69) is 55.2 Å². The standard InChI is InChI=1S/C29H43NO/c1-3-4-5-6-7-8-9-10-11-12-13-14-22-30-24-27-18-20-29(21-19-27)31-25-28-17-15-16-26(2)23-28/h15-21,23-24H,3-14,22,25H2,1-2H3/b30-24+. The van der Waals surface area contributed by atoms with Gasteiger partial charge in [-0.1, -0.05) is 107 Å². The van der Waals surface area contributed by atoms with Crippen LogP contribution in [0.15, 0.2) is 53.5 Å². The van der Waals surface area contributed by atoms with E-state index < -0.39 is 0 Å².